The van der Waals surface area contributed by atoms with Crippen LogP contribution in [0.4, 0.5) is 13.2 Å². The third-order valence-corrected chi connectivity index (χ3v) is 5.96. The lowest BCUT2D eigenvalue weighted by atomic mass is 9.94. The highest BCUT2D eigenvalue weighted by atomic mass is 19.4. The molecule has 3 rings (SSSR count). The number of methoxy groups -OCH3 is 1. The van der Waals surface area contributed by atoms with Gasteiger partial charge in [-0.25, -0.2) is 0 Å². The van der Waals surface area contributed by atoms with Crippen LogP contribution in [0.15, 0.2) is 36.4 Å². The minimum Gasteiger partial charge on any atom is -0.496 e. The summed E-state index contributed by atoms with van der Waals surface area (Å²) in [6, 6.07) is 9.17. The summed E-state index contributed by atoms with van der Waals surface area (Å²) < 4.78 is 45.9. The second kappa shape index (κ2) is 9.73. The molecule has 1 N–H and O–H groups in total. The van der Waals surface area contributed by atoms with Gasteiger partial charge in [-0.2, -0.15) is 13.2 Å². The van der Waals surface area contributed by atoms with E-state index in [1.54, 1.807) is 18.2 Å². The van der Waals surface area contributed by atoms with E-state index in [4.69, 9.17) is 9.84 Å². The number of benzene rings is 2. The number of halogens is 3. The van der Waals surface area contributed by atoms with Crippen molar-refractivity contribution in [1.29, 1.82) is 0 Å². The third-order valence-electron chi connectivity index (χ3n) is 5.96. The molecule has 7 heteroatoms. The van der Waals surface area contributed by atoms with Crippen molar-refractivity contribution in [1.82, 2.24) is 4.90 Å². The lowest BCUT2D eigenvalue weighted by molar-refractivity contribution is -0.138. The van der Waals surface area contributed by atoms with Gasteiger partial charge in [0.1, 0.15) is 5.75 Å². The van der Waals surface area contributed by atoms with Crippen LogP contribution < -0.4 is 4.74 Å². The van der Waals surface area contributed by atoms with Crippen LogP contribution in [-0.4, -0.2) is 35.7 Å². The Morgan fingerprint density at radius 2 is 1.84 bits per heavy atom. The molecule has 4 nitrogen and oxygen atoms in total. The van der Waals surface area contributed by atoms with Gasteiger partial charge in [0.05, 0.1) is 19.1 Å². The highest BCUT2D eigenvalue weighted by Gasteiger charge is 2.32. The fourth-order valence-electron chi connectivity index (χ4n) is 4.40. The SMILES string of the molecule is CCN(Cc1cc(C(F)(F)F)ccc1-c1cc(CC(=O)O)ccc1OC)C1CCCC1. The molecule has 1 aliphatic carbocycles. The van der Waals surface area contributed by atoms with Crippen molar-refractivity contribution in [2.24, 2.45) is 0 Å². The van der Waals surface area contributed by atoms with Crippen molar-refractivity contribution in [3.8, 4) is 16.9 Å². The zero-order chi connectivity index (χ0) is 22.6. The fraction of sp³-hybridized carbons (Fsp3) is 0.458. The normalized spacial score (nSPS) is 14.9. The van der Waals surface area contributed by atoms with E-state index in [-0.39, 0.29) is 6.42 Å². The predicted octanol–water partition coefficient (Wildman–Crippen LogP) is 5.77. The monoisotopic (exact) mass is 435 g/mol. The van der Waals surface area contributed by atoms with Gasteiger partial charge in [0.2, 0.25) is 0 Å². The second-order valence-corrected chi connectivity index (χ2v) is 7.98. The van der Waals surface area contributed by atoms with Crippen LogP contribution in [0, 0.1) is 0 Å². The van der Waals surface area contributed by atoms with Gasteiger partial charge in [-0.15, -0.1) is 0 Å². The Balaban J connectivity index is 2.09. The number of nitrogens with zero attached hydrogens (tertiary/aromatic N) is 1. The Hall–Kier alpha value is -2.54. The maximum Gasteiger partial charge on any atom is 0.416 e. The maximum absolute atomic E-state index is 13.5. The molecule has 31 heavy (non-hydrogen) atoms. The quantitative estimate of drug-likeness (QED) is 0.572. The fourth-order valence-corrected chi connectivity index (χ4v) is 4.40. The van der Waals surface area contributed by atoms with Crippen molar-refractivity contribution in [3.05, 3.63) is 53.1 Å². The summed E-state index contributed by atoms with van der Waals surface area (Å²) in [5.74, 6) is -0.471. The number of ether oxygens (including phenoxy) is 1. The number of carboxylic acids is 1. The highest BCUT2D eigenvalue weighted by molar-refractivity contribution is 5.77. The summed E-state index contributed by atoms with van der Waals surface area (Å²) >= 11 is 0. The number of carbonyl (C=O) groups is 1. The van der Waals surface area contributed by atoms with Crippen molar-refractivity contribution in [2.75, 3.05) is 13.7 Å². The van der Waals surface area contributed by atoms with Gasteiger partial charge >= 0.3 is 12.1 Å². The van der Waals surface area contributed by atoms with Gasteiger partial charge in [0, 0.05) is 18.2 Å². The van der Waals surface area contributed by atoms with Crippen molar-refractivity contribution >= 4 is 5.97 Å². The molecule has 1 aliphatic rings. The Kier molecular flexibility index (Phi) is 7.26. The summed E-state index contributed by atoms with van der Waals surface area (Å²) in [7, 11) is 1.50. The molecule has 1 saturated carbocycles. The number of carboxylic acid groups (broad SMARTS) is 1. The average Bonchev–Trinajstić information content (AvgIpc) is 3.25. The number of rotatable bonds is 8. The first-order valence-corrected chi connectivity index (χ1v) is 10.6. The zero-order valence-corrected chi connectivity index (χ0v) is 17.8. The lowest BCUT2D eigenvalue weighted by Crippen LogP contribution is -2.32. The lowest BCUT2D eigenvalue weighted by Gasteiger charge is -2.29. The van der Waals surface area contributed by atoms with Crippen LogP contribution in [0.1, 0.15) is 49.3 Å². The molecule has 2 aromatic rings. The van der Waals surface area contributed by atoms with Crippen molar-refractivity contribution in [2.45, 2.75) is 57.8 Å². The van der Waals surface area contributed by atoms with Crippen molar-refractivity contribution < 1.29 is 27.8 Å². The van der Waals surface area contributed by atoms with Crippen LogP contribution >= 0.6 is 0 Å². The van der Waals surface area contributed by atoms with Gasteiger partial charge in [-0.1, -0.05) is 31.9 Å². The summed E-state index contributed by atoms with van der Waals surface area (Å²) in [6.45, 7) is 3.17. The first kappa shape index (κ1) is 23.1. The summed E-state index contributed by atoms with van der Waals surface area (Å²) in [5.41, 5.74) is 1.68. The third kappa shape index (κ3) is 5.58. The van der Waals surface area contributed by atoms with Crippen LogP contribution in [0.2, 0.25) is 0 Å². The summed E-state index contributed by atoms with van der Waals surface area (Å²) in [5, 5.41) is 9.14. The van der Waals surface area contributed by atoms with Crippen LogP contribution in [-0.2, 0) is 23.9 Å². The van der Waals surface area contributed by atoms with Crippen LogP contribution in [0.3, 0.4) is 0 Å². The maximum atomic E-state index is 13.5. The summed E-state index contributed by atoms with van der Waals surface area (Å²) in [4.78, 5) is 13.4. The molecule has 0 unspecified atom stereocenters. The smallest absolute Gasteiger partial charge is 0.416 e. The molecular formula is C24H28F3NO3. The molecule has 0 amide bonds. The Bertz CT molecular complexity index is 921. The molecule has 0 heterocycles. The van der Waals surface area contributed by atoms with Gasteiger partial charge in [0.25, 0.3) is 0 Å². The Labute approximate surface area is 180 Å². The molecule has 2 aromatic carbocycles. The topological polar surface area (TPSA) is 49.8 Å². The van der Waals surface area contributed by atoms with Gasteiger partial charge in [0.15, 0.2) is 0 Å². The van der Waals surface area contributed by atoms with E-state index in [9.17, 15) is 18.0 Å². The van der Waals surface area contributed by atoms with E-state index in [1.165, 1.54) is 19.2 Å². The van der Waals surface area contributed by atoms with E-state index < -0.39 is 17.7 Å². The number of hydrogen-bond acceptors (Lipinski definition) is 3. The molecule has 0 aromatic heterocycles. The second-order valence-electron chi connectivity index (χ2n) is 7.98. The Morgan fingerprint density at radius 1 is 1.13 bits per heavy atom. The van der Waals surface area contributed by atoms with E-state index in [2.05, 4.69) is 4.90 Å². The highest BCUT2D eigenvalue weighted by Crippen LogP contribution is 2.38. The average molecular weight is 435 g/mol. The van der Waals surface area contributed by atoms with Crippen LogP contribution in [0.25, 0.3) is 11.1 Å². The largest absolute Gasteiger partial charge is 0.496 e. The first-order chi connectivity index (χ1) is 14.7. The van der Waals surface area contributed by atoms with E-state index in [0.29, 0.717) is 40.6 Å². The Morgan fingerprint density at radius 3 is 2.42 bits per heavy atom. The standard InChI is InChI=1S/C24H28F3NO3/c1-3-28(19-6-4-5-7-19)15-17-14-18(24(25,26)27)9-10-20(17)21-12-16(13-23(29)30)8-11-22(21)31-2/h8-12,14,19H,3-7,13,15H2,1-2H3,(H,29,30). The molecule has 0 aliphatic heterocycles. The minimum atomic E-state index is -4.44. The predicted molar refractivity (Wildman–Crippen MR) is 113 cm³/mol. The molecular weight excluding hydrogens is 407 g/mol. The molecule has 0 saturated heterocycles. The van der Waals surface area contributed by atoms with E-state index in [1.807, 2.05) is 6.92 Å². The number of alkyl halides is 3. The van der Waals surface area contributed by atoms with Crippen LogP contribution in [0.5, 0.6) is 5.75 Å². The number of aliphatic carboxylic acids is 1. The molecule has 0 atom stereocenters. The molecule has 168 valence electrons. The first-order valence-electron chi connectivity index (χ1n) is 10.6. The van der Waals surface area contributed by atoms with E-state index in [0.717, 1.165) is 38.3 Å². The van der Waals surface area contributed by atoms with E-state index >= 15 is 0 Å². The molecule has 1 fully saturated rings. The van der Waals surface area contributed by atoms with Gasteiger partial charge < -0.3 is 9.84 Å². The molecule has 0 bridgehead atoms. The van der Waals surface area contributed by atoms with Crippen molar-refractivity contribution in [3.63, 3.8) is 0 Å². The molecule has 0 radical (unpaired) electrons. The number of hydrogen-bond donors (Lipinski definition) is 1. The van der Waals surface area contributed by atoms with Gasteiger partial charge in [-0.3, -0.25) is 9.69 Å². The van der Waals surface area contributed by atoms with Gasteiger partial charge in [-0.05, 0) is 60.3 Å². The molecule has 0 spiro atoms. The zero-order valence-electron chi connectivity index (χ0n) is 17.8. The minimum absolute atomic E-state index is 0.171. The summed E-state index contributed by atoms with van der Waals surface area (Å²) in [6.07, 6.45) is -0.217.